The standard InChI is InChI=1S/C17H32N2O/c1-13(17(2,3)4)11-16(20)19(15-8-9-15)12-14-7-5-6-10-18-14/h13-15,18H,5-12H2,1-4H3. The summed E-state index contributed by atoms with van der Waals surface area (Å²) in [7, 11) is 0. The molecule has 1 heterocycles. The number of carbonyl (C=O) groups is 1. The second-order valence-corrected chi connectivity index (χ2v) is 7.90. The summed E-state index contributed by atoms with van der Waals surface area (Å²) in [6.07, 6.45) is 6.94. The summed E-state index contributed by atoms with van der Waals surface area (Å²) in [6.45, 7) is 11.0. The van der Waals surface area contributed by atoms with Gasteiger partial charge in [0, 0.05) is 25.0 Å². The highest BCUT2D eigenvalue weighted by Crippen LogP contribution is 2.32. The number of piperidine rings is 1. The van der Waals surface area contributed by atoms with E-state index in [4.69, 9.17) is 0 Å². The summed E-state index contributed by atoms with van der Waals surface area (Å²) < 4.78 is 0. The predicted octanol–water partition coefficient (Wildman–Crippen LogP) is 3.19. The van der Waals surface area contributed by atoms with Crippen molar-refractivity contribution < 1.29 is 4.79 Å². The van der Waals surface area contributed by atoms with E-state index in [1.54, 1.807) is 0 Å². The summed E-state index contributed by atoms with van der Waals surface area (Å²) in [4.78, 5) is 14.8. The zero-order valence-corrected chi connectivity index (χ0v) is 13.7. The topological polar surface area (TPSA) is 32.3 Å². The van der Waals surface area contributed by atoms with Crippen LogP contribution in [0.5, 0.6) is 0 Å². The van der Waals surface area contributed by atoms with Crippen molar-refractivity contribution in [2.24, 2.45) is 11.3 Å². The van der Waals surface area contributed by atoms with Crippen LogP contribution in [0.3, 0.4) is 0 Å². The van der Waals surface area contributed by atoms with Crippen LogP contribution in [0.25, 0.3) is 0 Å². The summed E-state index contributed by atoms with van der Waals surface area (Å²) in [5, 5.41) is 3.58. The van der Waals surface area contributed by atoms with E-state index in [-0.39, 0.29) is 5.41 Å². The number of nitrogens with one attached hydrogen (secondary N) is 1. The third-order valence-electron chi connectivity index (χ3n) is 5.10. The molecule has 1 N–H and O–H groups in total. The third kappa shape index (κ3) is 4.47. The first-order valence-corrected chi connectivity index (χ1v) is 8.41. The maximum absolute atomic E-state index is 12.7. The maximum atomic E-state index is 12.7. The monoisotopic (exact) mass is 280 g/mol. The van der Waals surface area contributed by atoms with Crippen LogP contribution < -0.4 is 5.32 Å². The van der Waals surface area contributed by atoms with E-state index in [0.717, 1.165) is 13.1 Å². The molecular formula is C17H32N2O. The van der Waals surface area contributed by atoms with E-state index >= 15 is 0 Å². The van der Waals surface area contributed by atoms with Crippen molar-refractivity contribution in [2.45, 2.75) is 78.3 Å². The first kappa shape index (κ1) is 15.8. The SMILES string of the molecule is CC(CC(=O)N(CC1CCCCN1)C1CC1)C(C)(C)C. The van der Waals surface area contributed by atoms with Crippen LogP contribution in [0.15, 0.2) is 0 Å². The smallest absolute Gasteiger partial charge is 0.223 e. The first-order valence-electron chi connectivity index (χ1n) is 8.41. The molecule has 0 spiro atoms. The molecule has 2 unspecified atom stereocenters. The van der Waals surface area contributed by atoms with Gasteiger partial charge in [0.25, 0.3) is 0 Å². The average Bonchev–Trinajstić information content (AvgIpc) is 3.20. The number of nitrogens with zero attached hydrogens (tertiary/aromatic N) is 1. The number of hydrogen-bond acceptors (Lipinski definition) is 2. The van der Waals surface area contributed by atoms with Crippen molar-refractivity contribution in [3.8, 4) is 0 Å². The maximum Gasteiger partial charge on any atom is 0.223 e. The number of hydrogen-bond donors (Lipinski definition) is 1. The molecule has 0 aromatic rings. The molecule has 1 saturated heterocycles. The zero-order valence-electron chi connectivity index (χ0n) is 13.7. The number of carbonyl (C=O) groups excluding carboxylic acids is 1. The van der Waals surface area contributed by atoms with Gasteiger partial charge in [-0.15, -0.1) is 0 Å². The molecule has 3 nitrogen and oxygen atoms in total. The van der Waals surface area contributed by atoms with Crippen molar-refractivity contribution in [3.05, 3.63) is 0 Å². The van der Waals surface area contributed by atoms with E-state index in [1.807, 2.05) is 0 Å². The predicted molar refractivity (Wildman–Crippen MR) is 83.6 cm³/mol. The molecular weight excluding hydrogens is 248 g/mol. The molecule has 0 aromatic carbocycles. The minimum atomic E-state index is 0.216. The van der Waals surface area contributed by atoms with E-state index in [1.165, 1.54) is 32.1 Å². The van der Waals surface area contributed by atoms with Crippen LogP contribution in [-0.2, 0) is 4.79 Å². The average molecular weight is 280 g/mol. The van der Waals surface area contributed by atoms with Gasteiger partial charge in [0.1, 0.15) is 0 Å². The highest BCUT2D eigenvalue weighted by molar-refractivity contribution is 5.77. The molecule has 0 bridgehead atoms. The van der Waals surface area contributed by atoms with Crippen LogP contribution in [0.2, 0.25) is 0 Å². The second-order valence-electron chi connectivity index (χ2n) is 7.90. The molecule has 1 aliphatic heterocycles. The molecule has 2 aliphatic rings. The van der Waals surface area contributed by atoms with Gasteiger partial charge in [-0.05, 0) is 43.6 Å². The van der Waals surface area contributed by atoms with E-state index in [0.29, 0.717) is 30.3 Å². The lowest BCUT2D eigenvalue weighted by Gasteiger charge is -2.33. The Morgan fingerprint density at radius 1 is 1.25 bits per heavy atom. The Morgan fingerprint density at radius 2 is 1.95 bits per heavy atom. The Bertz CT molecular complexity index is 324. The molecule has 3 heteroatoms. The lowest BCUT2D eigenvalue weighted by atomic mass is 9.80. The highest BCUT2D eigenvalue weighted by Gasteiger charge is 2.35. The molecule has 2 rings (SSSR count). The van der Waals surface area contributed by atoms with Crippen molar-refractivity contribution >= 4 is 5.91 Å². The summed E-state index contributed by atoms with van der Waals surface area (Å²) >= 11 is 0. The van der Waals surface area contributed by atoms with E-state index in [2.05, 4.69) is 37.9 Å². The molecule has 2 atom stereocenters. The molecule has 20 heavy (non-hydrogen) atoms. The van der Waals surface area contributed by atoms with Crippen LogP contribution >= 0.6 is 0 Å². The van der Waals surface area contributed by atoms with Gasteiger partial charge in [-0.25, -0.2) is 0 Å². The third-order valence-corrected chi connectivity index (χ3v) is 5.10. The van der Waals surface area contributed by atoms with Gasteiger partial charge < -0.3 is 10.2 Å². The van der Waals surface area contributed by atoms with Crippen LogP contribution in [0, 0.1) is 11.3 Å². The Labute approximate surface area is 124 Å². The van der Waals surface area contributed by atoms with Gasteiger partial charge in [0.15, 0.2) is 0 Å². The fraction of sp³-hybridized carbons (Fsp3) is 0.941. The second kappa shape index (κ2) is 6.46. The summed E-state index contributed by atoms with van der Waals surface area (Å²) in [5.74, 6) is 0.817. The van der Waals surface area contributed by atoms with E-state index in [9.17, 15) is 4.79 Å². The van der Waals surface area contributed by atoms with Crippen LogP contribution in [-0.4, -0.2) is 36.0 Å². The first-order chi connectivity index (χ1) is 9.38. The fourth-order valence-electron chi connectivity index (χ4n) is 2.84. The van der Waals surface area contributed by atoms with Crippen molar-refractivity contribution in [3.63, 3.8) is 0 Å². The zero-order chi connectivity index (χ0) is 14.8. The molecule has 2 fully saturated rings. The molecule has 1 amide bonds. The molecule has 0 aromatic heterocycles. The fourth-order valence-corrected chi connectivity index (χ4v) is 2.84. The van der Waals surface area contributed by atoms with Gasteiger partial charge in [-0.2, -0.15) is 0 Å². The van der Waals surface area contributed by atoms with Crippen LogP contribution in [0.4, 0.5) is 0 Å². The van der Waals surface area contributed by atoms with Crippen LogP contribution in [0.1, 0.15) is 66.2 Å². The van der Waals surface area contributed by atoms with Gasteiger partial charge >= 0.3 is 0 Å². The van der Waals surface area contributed by atoms with Crippen molar-refractivity contribution in [1.29, 1.82) is 0 Å². The van der Waals surface area contributed by atoms with Gasteiger partial charge in [0.2, 0.25) is 5.91 Å². The Balaban J connectivity index is 1.89. The Morgan fingerprint density at radius 3 is 2.45 bits per heavy atom. The quantitative estimate of drug-likeness (QED) is 0.839. The molecule has 116 valence electrons. The summed E-state index contributed by atoms with van der Waals surface area (Å²) in [5.41, 5.74) is 0.216. The molecule has 1 aliphatic carbocycles. The van der Waals surface area contributed by atoms with E-state index < -0.39 is 0 Å². The van der Waals surface area contributed by atoms with Crippen molar-refractivity contribution in [2.75, 3.05) is 13.1 Å². The lowest BCUT2D eigenvalue weighted by Crippen LogP contribution is -2.47. The normalized spacial score (nSPS) is 25.3. The van der Waals surface area contributed by atoms with Gasteiger partial charge in [0.05, 0.1) is 0 Å². The van der Waals surface area contributed by atoms with Gasteiger partial charge in [-0.1, -0.05) is 34.1 Å². The number of amides is 1. The minimum absolute atomic E-state index is 0.216. The molecule has 1 saturated carbocycles. The lowest BCUT2D eigenvalue weighted by molar-refractivity contribution is -0.134. The number of rotatable bonds is 5. The molecule has 0 radical (unpaired) electrons. The van der Waals surface area contributed by atoms with Gasteiger partial charge in [-0.3, -0.25) is 4.79 Å². The Kier molecular flexibility index (Phi) is 5.11. The largest absolute Gasteiger partial charge is 0.338 e. The highest BCUT2D eigenvalue weighted by atomic mass is 16.2. The minimum Gasteiger partial charge on any atom is -0.338 e. The Hall–Kier alpha value is -0.570. The van der Waals surface area contributed by atoms with Crippen molar-refractivity contribution in [1.82, 2.24) is 10.2 Å². The summed E-state index contributed by atoms with van der Waals surface area (Å²) in [6, 6.07) is 1.07.